The highest BCUT2D eigenvalue weighted by molar-refractivity contribution is 7.07. The van der Waals surface area contributed by atoms with Gasteiger partial charge in [-0.1, -0.05) is 17.7 Å². The molecule has 9 nitrogen and oxygen atoms in total. The van der Waals surface area contributed by atoms with Crippen molar-refractivity contribution in [1.29, 1.82) is 0 Å². The number of likely N-dealkylation sites (tertiary alicyclic amines) is 1. The number of anilines is 1. The molecule has 0 radical (unpaired) electrons. The van der Waals surface area contributed by atoms with Crippen molar-refractivity contribution >= 4 is 46.1 Å². The Hall–Kier alpha value is -3.78. The van der Waals surface area contributed by atoms with Crippen molar-refractivity contribution in [3.8, 4) is 11.3 Å². The fraction of sp³-hybridized carbons (Fsp3) is 0.227. The number of carbonyl (C=O) groups excluding carboxylic acids is 2. The molecule has 5 rings (SSSR count). The minimum absolute atomic E-state index is 0.00360. The van der Waals surface area contributed by atoms with Gasteiger partial charge < -0.3 is 16.0 Å². The Kier molecular flexibility index (Phi) is 6.23. The third-order valence-electron chi connectivity index (χ3n) is 5.90. The summed E-state index contributed by atoms with van der Waals surface area (Å²) in [5.41, 5.74) is 5.96. The summed E-state index contributed by atoms with van der Waals surface area (Å²) in [4.78, 5) is 34.3. The van der Waals surface area contributed by atoms with E-state index in [1.807, 2.05) is 0 Å². The van der Waals surface area contributed by atoms with E-state index < -0.39 is 41.3 Å². The van der Waals surface area contributed by atoms with Crippen molar-refractivity contribution < 1.29 is 27.2 Å². The van der Waals surface area contributed by atoms with Crippen LogP contribution in [0.3, 0.4) is 0 Å². The van der Waals surface area contributed by atoms with Crippen molar-refractivity contribution in [2.45, 2.75) is 18.4 Å². The number of fused-ring (bicyclic) bond motifs is 1. The zero-order valence-electron chi connectivity index (χ0n) is 18.5. The van der Waals surface area contributed by atoms with E-state index >= 15 is 0 Å². The number of rotatable bonds is 4. The molecule has 0 saturated carbocycles. The topological polar surface area (TPSA) is 119 Å². The predicted octanol–water partition coefficient (Wildman–Crippen LogP) is 3.70. The number of nitrogens with zero attached hydrogens (tertiary/aromatic N) is 5. The fourth-order valence-corrected chi connectivity index (χ4v) is 4.87. The van der Waals surface area contributed by atoms with E-state index in [4.69, 9.17) is 17.3 Å². The van der Waals surface area contributed by atoms with Crippen LogP contribution in [0.15, 0.2) is 41.5 Å². The Morgan fingerprint density at radius 3 is 2.68 bits per heavy atom. The average Bonchev–Trinajstić information content (AvgIpc) is 3.58. The van der Waals surface area contributed by atoms with Crippen LogP contribution in [-0.4, -0.2) is 61.6 Å². The van der Waals surface area contributed by atoms with Gasteiger partial charge >= 0.3 is 6.18 Å². The molecule has 3 aromatic heterocycles. The van der Waals surface area contributed by atoms with Crippen LogP contribution >= 0.6 is 22.9 Å². The van der Waals surface area contributed by atoms with E-state index in [0.717, 1.165) is 16.9 Å². The van der Waals surface area contributed by atoms with Gasteiger partial charge in [0.05, 0.1) is 39.9 Å². The first kappa shape index (κ1) is 24.9. The number of benzene rings is 1. The first-order valence-electron chi connectivity index (χ1n) is 10.7. The van der Waals surface area contributed by atoms with Crippen LogP contribution in [0.5, 0.6) is 0 Å². The molecular formula is C22H16ClF4N7O2S. The summed E-state index contributed by atoms with van der Waals surface area (Å²) >= 11 is 7.44. The molecule has 192 valence electrons. The molecule has 1 aliphatic heterocycles. The summed E-state index contributed by atoms with van der Waals surface area (Å²) in [7, 11) is 0. The standard InChI is InChI=1S/C22H16ClF4N7O2S/c23-13-2-1-10(17-4-12(22(25,26)27)18-19(28)29-8-31-34(17)18)3-11(13)20(35)32-15-6-33(5-14(15)24)21(36)16-7-37-9-30-16/h1-4,7-9,14-15H,5-6H2,(H,32,35)(H2,28,29,31)/t14-,15+/m0/s1. The van der Waals surface area contributed by atoms with Crippen molar-refractivity contribution in [1.82, 2.24) is 29.8 Å². The van der Waals surface area contributed by atoms with Crippen LogP contribution in [0.25, 0.3) is 16.8 Å². The number of aromatic nitrogens is 4. The quantitative estimate of drug-likeness (QED) is 0.372. The third kappa shape index (κ3) is 4.57. The zero-order chi connectivity index (χ0) is 26.5. The maximum absolute atomic E-state index is 14.7. The van der Waals surface area contributed by atoms with Gasteiger partial charge in [0.2, 0.25) is 0 Å². The second-order valence-electron chi connectivity index (χ2n) is 8.22. The highest BCUT2D eigenvalue weighted by Gasteiger charge is 2.38. The highest BCUT2D eigenvalue weighted by atomic mass is 35.5. The predicted molar refractivity (Wildman–Crippen MR) is 127 cm³/mol. The molecular weight excluding hydrogens is 538 g/mol. The maximum Gasteiger partial charge on any atom is 0.418 e. The number of nitrogens with two attached hydrogens (primary N) is 1. The number of hydrogen-bond acceptors (Lipinski definition) is 7. The van der Waals surface area contributed by atoms with Gasteiger partial charge in [-0.05, 0) is 18.2 Å². The Labute approximate surface area is 214 Å². The van der Waals surface area contributed by atoms with Crippen molar-refractivity contribution in [3.63, 3.8) is 0 Å². The molecule has 2 amide bonds. The molecule has 1 aliphatic rings. The minimum Gasteiger partial charge on any atom is -0.382 e. The van der Waals surface area contributed by atoms with E-state index in [-0.39, 0.29) is 46.4 Å². The Morgan fingerprint density at radius 1 is 1.19 bits per heavy atom. The summed E-state index contributed by atoms with van der Waals surface area (Å²) in [6.07, 6.45) is -5.28. The Bertz CT molecular complexity index is 1510. The lowest BCUT2D eigenvalue weighted by atomic mass is 10.1. The molecule has 1 saturated heterocycles. The van der Waals surface area contributed by atoms with Gasteiger partial charge in [0.15, 0.2) is 5.82 Å². The largest absolute Gasteiger partial charge is 0.418 e. The van der Waals surface area contributed by atoms with Crippen molar-refractivity contribution in [2.75, 3.05) is 18.8 Å². The third-order valence-corrected chi connectivity index (χ3v) is 6.81. The van der Waals surface area contributed by atoms with Gasteiger partial charge in [-0.25, -0.2) is 18.9 Å². The summed E-state index contributed by atoms with van der Waals surface area (Å²) < 4.78 is 56.7. The first-order chi connectivity index (χ1) is 17.5. The fourth-order valence-electron chi connectivity index (χ4n) is 4.14. The number of nitrogens with one attached hydrogen (secondary N) is 1. The van der Waals surface area contributed by atoms with Gasteiger partial charge in [-0.15, -0.1) is 11.3 Å². The van der Waals surface area contributed by atoms with E-state index in [0.29, 0.717) is 0 Å². The van der Waals surface area contributed by atoms with Gasteiger partial charge in [-0.2, -0.15) is 18.3 Å². The van der Waals surface area contributed by atoms with Gasteiger partial charge in [0.25, 0.3) is 11.8 Å². The second kappa shape index (κ2) is 9.27. The van der Waals surface area contributed by atoms with Gasteiger partial charge in [0, 0.05) is 17.5 Å². The maximum atomic E-state index is 14.7. The Morgan fingerprint density at radius 2 is 1.97 bits per heavy atom. The van der Waals surface area contributed by atoms with Crippen LogP contribution in [0.2, 0.25) is 5.02 Å². The van der Waals surface area contributed by atoms with E-state index in [1.165, 1.54) is 39.9 Å². The molecule has 1 fully saturated rings. The van der Waals surface area contributed by atoms with Crippen LogP contribution in [0, 0.1) is 0 Å². The van der Waals surface area contributed by atoms with Crippen LogP contribution in [0.1, 0.15) is 26.4 Å². The smallest absolute Gasteiger partial charge is 0.382 e. The number of alkyl halides is 4. The van der Waals surface area contributed by atoms with E-state index in [1.54, 1.807) is 5.38 Å². The molecule has 15 heteroatoms. The molecule has 37 heavy (non-hydrogen) atoms. The lowest BCUT2D eigenvalue weighted by Crippen LogP contribution is -2.42. The zero-order valence-corrected chi connectivity index (χ0v) is 20.1. The molecule has 0 bridgehead atoms. The molecule has 3 N–H and O–H groups in total. The van der Waals surface area contributed by atoms with Crippen LogP contribution < -0.4 is 11.1 Å². The second-order valence-corrected chi connectivity index (χ2v) is 9.35. The molecule has 0 unspecified atom stereocenters. The number of halogens is 5. The SMILES string of the molecule is Nc1ncnn2c(-c3ccc(Cl)c(C(=O)N[C@@H]4CN(C(=O)c5cscn5)C[C@@H]4F)c3)cc(C(F)(F)F)c12. The molecule has 2 atom stereocenters. The number of carbonyl (C=O) groups is 2. The van der Waals surface area contributed by atoms with Crippen LogP contribution in [0.4, 0.5) is 23.4 Å². The van der Waals surface area contributed by atoms with Gasteiger partial charge in [0.1, 0.15) is 23.7 Å². The molecule has 4 heterocycles. The summed E-state index contributed by atoms with van der Waals surface area (Å²) in [5, 5.41) is 7.96. The Balaban J connectivity index is 1.43. The highest BCUT2D eigenvalue weighted by Crippen LogP contribution is 2.39. The number of nitrogen functional groups attached to an aromatic ring is 1. The summed E-state index contributed by atoms with van der Waals surface area (Å²) in [5.74, 6) is -1.58. The summed E-state index contributed by atoms with van der Waals surface area (Å²) in [6, 6.07) is 3.86. The number of amides is 2. The minimum atomic E-state index is -4.74. The summed E-state index contributed by atoms with van der Waals surface area (Å²) in [6.45, 7) is -0.318. The lowest BCUT2D eigenvalue weighted by molar-refractivity contribution is -0.136. The monoisotopic (exact) mass is 553 g/mol. The van der Waals surface area contributed by atoms with Gasteiger partial charge in [-0.3, -0.25) is 9.59 Å². The molecule has 1 aromatic carbocycles. The number of thiazole rings is 1. The van der Waals surface area contributed by atoms with Crippen molar-refractivity contribution in [3.05, 3.63) is 63.3 Å². The molecule has 0 aliphatic carbocycles. The lowest BCUT2D eigenvalue weighted by Gasteiger charge is -2.16. The number of hydrogen-bond donors (Lipinski definition) is 2. The first-order valence-corrected chi connectivity index (χ1v) is 12.0. The van der Waals surface area contributed by atoms with Crippen LogP contribution in [-0.2, 0) is 6.18 Å². The van der Waals surface area contributed by atoms with Crippen molar-refractivity contribution in [2.24, 2.45) is 0 Å². The molecule has 0 spiro atoms. The van der Waals surface area contributed by atoms with E-state index in [9.17, 15) is 27.2 Å². The normalized spacial score (nSPS) is 17.9. The average molecular weight is 554 g/mol. The molecule has 4 aromatic rings. The van der Waals surface area contributed by atoms with E-state index in [2.05, 4.69) is 20.4 Å².